The van der Waals surface area contributed by atoms with Gasteiger partial charge in [-0.3, -0.25) is 10.1 Å². The fourth-order valence-corrected chi connectivity index (χ4v) is 1.97. The first kappa shape index (κ1) is 16.8. The number of hydrogen-bond acceptors (Lipinski definition) is 5. The summed E-state index contributed by atoms with van der Waals surface area (Å²) in [6, 6.07) is 11.0. The lowest BCUT2D eigenvalue weighted by Gasteiger charge is -2.08. The number of benzene rings is 2. The molecule has 2 aromatic rings. The van der Waals surface area contributed by atoms with Crippen molar-refractivity contribution in [2.75, 3.05) is 13.2 Å². The van der Waals surface area contributed by atoms with Crippen molar-refractivity contribution in [1.29, 1.82) is 0 Å². The largest absolute Gasteiger partial charge is 0.490 e. The van der Waals surface area contributed by atoms with Gasteiger partial charge >= 0.3 is 5.97 Å². The van der Waals surface area contributed by atoms with Crippen LogP contribution in [0.4, 0.5) is 5.69 Å². The van der Waals surface area contributed by atoms with E-state index in [4.69, 9.17) is 21.1 Å². The topological polar surface area (TPSA) is 78.7 Å². The van der Waals surface area contributed by atoms with Gasteiger partial charge in [-0.05, 0) is 37.3 Å². The molecular formula is C16H14ClNO5. The molecule has 0 saturated carbocycles. The van der Waals surface area contributed by atoms with Crippen LogP contribution in [0.2, 0.25) is 5.02 Å². The van der Waals surface area contributed by atoms with Crippen molar-refractivity contribution in [1.82, 2.24) is 0 Å². The quantitative estimate of drug-likeness (QED) is 0.347. The Balaban J connectivity index is 1.86. The highest BCUT2D eigenvalue weighted by Crippen LogP contribution is 2.20. The van der Waals surface area contributed by atoms with Gasteiger partial charge in [0.05, 0.1) is 10.5 Å². The number of ether oxygens (including phenoxy) is 2. The van der Waals surface area contributed by atoms with E-state index in [1.807, 2.05) is 0 Å². The fraction of sp³-hybridized carbons (Fsp3) is 0.188. The molecule has 0 aliphatic rings. The van der Waals surface area contributed by atoms with Gasteiger partial charge in [0.1, 0.15) is 19.0 Å². The highest BCUT2D eigenvalue weighted by Gasteiger charge is 2.15. The van der Waals surface area contributed by atoms with E-state index in [0.717, 1.165) is 0 Å². The maximum Gasteiger partial charge on any atom is 0.338 e. The molecule has 0 aliphatic heterocycles. The van der Waals surface area contributed by atoms with Crippen molar-refractivity contribution in [2.45, 2.75) is 6.92 Å². The molecule has 7 heteroatoms. The summed E-state index contributed by atoms with van der Waals surface area (Å²) in [4.78, 5) is 22.2. The van der Waals surface area contributed by atoms with Crippen molar-refractivity contribution in [2.24, 2.45) is 0 Å². The molecular weight excluding hydrogens is 322 g/mol. The molecule has 2 aromatic carbocycles. The number of nitro benzene ring substituents is 1. The molecule has 6 nitrogen and oxygen atoms in total. The number of nitrogens with zero attached hydrogens (tertiary/aromatic N) is 1. The van der Waals surface area contributed by atoms with E-state index in [0.29, 0.717) is 16.3 Å². The van der Waals surface area contributed by atoms with Crippen molar-refractivity contribution in [3.63, 3.8) is 0 Å². The normalized spacial score (nSPS) is 10.2. The Morgan fingerprint density at radius 2 is 1.87 bits per heavy atom. The van der Waals surface area contributed by atoms with Crippen molar-refractivity contribution >= 4 is 23.3 Å². The van der Waals surface area contributed by atoms with E-state index in [1.54, 1.807) is 31.2 Å². The van der Waals surface area contributed by atoms with Crippen molar-refractivity contribution in [3.8, 4) is 5.75 Å². The number of carbonyl (C=O) groups excluding carboxylic acids is 1. The Morgan fingerprint density at radius 3 is 2.52 bits per heavy atom. The van der Waals surface area contributed by atoms with Crippen LogP contribution in [-0.2, 0) is 4.74 Å². The molecule has 0 saturated heterocycles. The van der Waals surface area contributed by atoms with Crippen LogP contribution < -0.4 is 4.74 Å². The number of nitro groups is 1. The summed E-state index contributed by atoms with van der Waals surface area (Å²) in [5, 5.41) is 11.5. The summed E-state index contributed by atoms with van der Waals surface area (Å²) < 4.78 is 10.4. The van der Waals surface area contributed by atoms with E-state index < -0.39 is 10.9 Å². The molecule has 0 radical (unpaired) electrons. The maximum atomic E-state index is 11.9. The molecule has 0 unspecified atom stereocenters. The van der Waals surface area contributed by atoms with Gasteiger partial charge in [-0.15, -0.1) is 0 Å². The van der Waals surface area contributed by atoms with Crippen LogP contribution in [0.3, 0.4) is 0 Å². The number of halogens is 1. The minimum Gasteiger partial charge on any atom is -0.490 e. The van der Waals surface area contributed by atoms with Crippen LogP contribution in [0.5, 0.6) is 5.75 Å². The highest BCUT2D eigenvalue weighted by atomic mass is 35.5. The van der Waals surface area contributed by atoms with E-state index in [9.17, 15) is 14.9 Å². The Hall–Kier alpha value is -2.60. The zero-order valence-electron chi connectivity index (χ0n) is 12.3. The third-order valence-corrected chi connectivity index (χ3v) is 3.29. The molecule has 0 heterocycles. The minimum atomic E-state index is -0.632. The Bertz CT molecular complexity index is 715. The summed E-state index contributed by atoms with van der Waals surface area (Å²) in [6.07, 6.45) is 0. The van der Waals surface area contributed by atoms with Crippen LogP contribution in [0.25, 0.3) is 0 Å². The average molecular weight is 336 g/mol. The molecule has 0 aromatic heterocycles. The van der Waals surface area contributed by atoms with E-state index >= 15 is 0 Å². The molecule has 23 heavy (non-hydrogen) atoms. The van der Waals surface area contributed by atoms with Gasteiger partial charge in [-0.1, -0.05) is 17.7 Å². The van der Waals surface area contributed by atoms with Gasteiger partial charge in [-0.2, -0.15) is 0 Å². The first-order valence-corrected chi connectivity index (χ1v) is 7.15. The summed E-state index contributed by atoms with van der Waals surface area (Å²) in [5.41, 5.74) is 0.503. The first-order valence-electron chi connectivity index (χ1n) is 6.78. The van der Waals surface area contributed by atoms with Crippen LogP contribution in [0.15, 0.2) is 42.5 Å². The molecule has 120 valence electrons. The number of rotatable bonds is 6. The molecule has 0 N–H and O–H groups in total. The summed E-state index contributed by atoms with van der Waals surface area (Å²) in [6.45, 7) is 1.80. The van der Waals surface area contributed by atoms with Crippen LogP contribution in [-0.4, -0.2) is 24.1 Å². The minimum absolute atomic E-state index is 0.0309. The molecule has 0 aliphatic carbocycles. The monoisotopic (exact) mass is 335 g/mol. The molecule has 0 spiro atoms. The number of carbonyl (C=O) groups is 1. The lowest BCUT2D eigenvalue weighted by atomic mass is 10.1. The van der Waals surface area contributed by atoms with Gasteiger partial charge < -0.3 is 9.47 Å². The standard InChI is InChI=1S/C16H14ClNO5/c1-11-2-3-12(10-15(11)18(20)21)16(19)23-9-8-22-14-6-4-13(17)5-7-14/h2-7,10H,8-9H2,1H3. The molecule has 2 rings (SSSR count). The highest BCUT2D eigenvalue weighted by molar-refractivity contribution is 6.30. The van der Waals surface area contributed by atoms with Gasteiger partial charge in [0, 0.05) is 16.7 Å². The second-order valence-electron chi connectivity index (χ2n) is 4.70. The lowest BCUT2D eigenvalue weighted by Crippen LogP contribution is -2.12. The SMILES string of the molecule is Cc1ccc(C(=O)OCCOc2ccc(Cl)cc2)cc1[N+](=O)[O-]. The van der Waals surface area contributed by atoms with E-state index in [2.05, 4.69) is 0 Å². The first-order chi connectivity index (χ1) is 11.0. The van der Waals surface area contributed by atoms with Gasteiger partial charge in [0.15, 0.2) is 0 Å². The predicted octanol–water partition coefficient (Wildman–Crippen LogP) is 3.79. The van der Waals surface area contributed by atoms with Crippen LogP contribution in [0.1, 0.15) is 15.9 Å². The fourth-order valence-electron chi connectivity index (χ4n) is 1.84. The third-order valence-electron chi connectivity index (χ3n) is 3.04. The zero-order valence-corrected chi connectivity index (χ0v) is 13.1. The smallest absolute Gasteiger partial charge is 0.338 e. The molecule has 0 fully saturated rings. The van der Waals surface area contributed by atoms with Crippen molar-refractivity contribution < 1.29 is 19.2 Å². The second-order valence-corrected chi connectivity index (χ2v) is 5.13. The van der Waals surface area contributed by atoms with E-state index in [-0.39, 0.29) is 24.5 Å². The number of aryl methyl sites for hydroxylation is 1. The van der Waals surface area contributed by atoms with Crippen molar-refractivity contribution in [3.05, 3.63) is 68.7 Å². The van der Waals surface area contributed by atoms with Gasteiger partial charge in [-0.25, -0.2) is 4.79 Å². The Labute approximate surface area is 137 Å². The predicted molar refractivity (Wildman–Crippen MR) is 85.1 cm³/mol. The van der Waals surface area contributed by atoms with E-state index in [1.165, 1.54) is 18.2 Å². The number of esters is 1. The molecule has 0 bridgehead atoms. The summed E-state index contributed by atoms with van der Waals surface area (Å²) in [5.74, 6) is -0.0239. The number of hydrogen-bond donors (Lipinski definition) is 0. The van der Waals surface area contributed by atoms with Crippen LogP contribution >= 0.6 is 11.6 Å². The average Bonchev–Trinajstić information content (AvgIpc) is 2.53. The molecule has 0 atom stereocenters. The molecule has 0 amide bonds. The van der Waals surface area contributed by atoms with Gasteiger partial charge in [0.25, 0.3) is 5.69 Å². The van der Waals surface area contributed by atoms with Crippen LogP contribution in [0, 0.1) is 17.0 Å². The zero-order chi connectivity index (χ0) is 16.8. The third kappa shape index (κ3) is 4.69. The lowest BCUT2D eigenvalue weighted by molar-refractivity contribution is -0.385. The summed E-state index contributed by atoms with van der Waals surface area (Å²) in [7, 11) is 0. The van der Waals surface area contributed by atoms with Gasteiger partial charge in [0.2, 0.25) is 0 Å². The Morgan fingerprint density at radius 1 is 1.17 bits per heavy atom. The second kappa shape index (κ2) is 7.60. The maximum absolute atomic E-state index is 11.9. The Kier molecular flexibility index (Phi) is 5.54. The summed E-state index contributed by atoms with van der Waals surface area (Å²) >= 11 is 5.76.